The summed E-state index contributed by atoms with van der Waals surface area (Å²) in [6.45, 7) is 7.46. The van der Waals surface area contributed by atoms with Crippen molar-refractivity contribution in [3.63, 3.8) is 0 Å². The van der Waals surface area contributed by atoms with Crippen LogP contribution in [-0.2, 0) is 9.59 Å². The average Bonchev–Trinajstić information content (AvgIpc) is 2.40. The van der Waals surface area contributed by atoms with Crippen LogP contribution in [0.4, 0.5) is 11.4 Å². The van der Waals surface area contributed by atoms with Gasteiger partial charge in [-0.25, -0.2) is 0 Å². The van der Waals surface area contributed by atoms with Crippen LogP contribution in [-0.4, -0.2) is 17.4 Å². The zero-order valence-corrected chi connectivity index (χ0v) is 13.2. The summed E-state index contributed by atoms with van der Waals surface area (Å²) < 4.78 is 0. The number of rotatable bonds is 6. The van der Waals surface area contributed by atoms with E-state index >= 15 is 0 Å². The normalized spacial score (nSPS) is 11.1. The summed E-state index contributed by atoms with van der Waals surface area (Å²) in [7, 11) is 0. The SMILES string of the molecule is CCC(=O)Nc1cccc(NC(=O)CCC(C)(C)N)c1C. The molecule has 1 aromatic rings. The number of benzene rings is 1. The van der Waals surface area contributed by atoms with Crippen LogP contribution in [0.15, 0.2) is 18.2 Å². The molecular formula is C16H25N3O2. The lowest BCUT2D eigenvalue weighted by Gasteiger charge is -2.18. The molecule has 0 heterocycles. The highest BCUT2D eigenvalue weighted by atomic mass is 16.2. The smallest absolute Gasteiger partial charge is 0.224 e. The second-order valence-corrected chi connectivity index (χ2v) is 5.92. The van der Waals surface area contributed by atoms with Gasteiger partial charge < -0.3 is 16.4 Å². The lowest BCUT2D eigenvalue weighted by atomic mass is 10.00. The van der Waals surface area contributed by atoms with E-state index in [2.05, 4.69) is 10.6 Å². The molecule has 0 aliphatic rings. The molecule has 2 amide bonds. The van der Waals surface area contributed by atoms with E-state index in [0.29, 0.717) is 24.9 Å². The fraction of sp³-hybridized carbons (Fsp3) is 0.500. The molecular weight excluding hydrogens is 266 g/mol. The number of nitrogens with two attached hydrogens (primary N) is 1. The molecule has 0 unspecified atom stereocenters. The number of anilines is 2. The first-order chi connectivity index (χ1) is 9.73. The molecule has 1 rings (SSSR count). The Bertz CT molecular complexity index is 519. The molecule has 0 spiro atoms. The standard InChI is InChI=1S/C16H25N3O2/c1-5-14(20)18-12-7-6-8-13(11(12)2)19-15(21)9-10-16(3,4)17/h6-8H,5,9-10,17H2,1-4H3,(H,18,20)(H,19,21). The van der Waals surface area contributed by atoms with Gasteiger partial charge in [-0.2, -0.15) is 0 Å². The summed E-state index contributed by atoms with van der Waals surface area (Å²) in [5, 5.41) is 5.69. The lowest BCUT2D eigenvalue weighted by molar-refractivity contribution is -0.117. The van der Waals surface area contributed by atoms with Crippen molar-refractivity contribution in [2.45, 2.75) is 52.5 Å². The van der Waals surface area contributed by atoms with Crippen molar-refractivity contribution in [1.82, 2.24) is 0 Å². The quantitative estimate of drug-likeness (QED) is 0.753. The van der Waals surface area contributed by atoms with E-state index in [9.17, 15) is 9.59 Å². The van der Waals surface area contributed by atoms with Crippen LogP contribution in [0.25, 0.3) is 0 Å². The molecule has 5 heteroatoms. The molecule has 4 N–H and O–H groups in total. The van der Waals surface area contributed by atoms with Crippen molar-refractivity contribution in [3.8, 4) is 0 Å². The summed E-state index contributed by atoms with van der Waals surface area (Å²) in [6, 6.07) is 5.45. The Morgan fingerprint density at radius 2 is 1.67 bits per heavy atom. The van der Waals surface area contributed by atoms with Crippen LogP contribution in [0, 0.1) is 6.92 Å². The lowest BCUT2D eigenvalue weighted by Crippen LogP contribution is -2.33. The van der Waals surface area contributed by atoms with Gasteiger partial charge >= 0.3 is 0 Å². The first kappa shape index (κ1) is 17.2. The minimum atomic E-state index is -0.358. The molecule has 0 bridgehead atoms. The van der Waals surface area contributed by atoms with E-state index in [-0.39, 0.29) is 17.4 Å². The molecule has 0 saturated carbocycles. The van der Waals surface area contributed by atoms with Gasteiger partial charge in [-0.3, -0.25) is 9.59 Å². The Morgan fingerprint density at radius 3 is 2.14 bits per heavy atom. The number of carbonyl (C=O) groups is 2. The largest absolute Gasteiger partial charge is 0.326 e. The van der Waals surface area contributed by atoms with Crippen LogP contribution in [0.1, 0.15) is 45.6 Å². The Kier molecular flexibility index (Phi) is 5.90. The molecule has 0 fully saturated rings. The van der Waals surface area contributed by atoms with Gasteiger partial charge in [0, 0.05) is 29.8 Å². The van der Waals surface area contributed by atoms with Crippen molar-refractivity contribution < 1.29 is 9.59 Å². The van der Waals surface area contributed by atoms with Crippen LogP contribution in [0.2, 0.25) is 0 Å². The maximum Gasteiger partial charge on any atom is 0.224 e. The minimum absolute atomic E-state index is 0.0496. The van der Waals surface area contributed by atoms with Crippen molar-refractivity contribution in [2.75, 3.05) is 10.6 Å². The van der Waals surface area contributed by atoms with E-state index < -0.39 is 0 Å². The summed E-state index contributed by atoms with van der Waals surface area (Å²) in [4.78, 5) is 23.4. The van der Waals surface area contributed by atoms with E-state index in [4.69, 9.17) is 5.73 Å². The first-order valence-electron chi connectivity index (χ1n) is 7.21. The second kappa shape index (κ2) is 7.22. The first-order valence-corrected chi connectivity index (χ1v) is 7.21. The molecule has 0 saturated heterocycles. The van der Waals surface area contributed by atoms with Gasteiger partial charge in [-0.15, -0.1) is 0 Å². The number of hydrogen-bond acceptors (Lipinski definition) is 3. The average molecular weight is 291 g/mol. The van der Waals surface area contributed by atoms with Crippen molar-refractivity contribution in [2.24, 2.45) is 5.73 Å². The Balaban J connectivity index is 2.73. The predicted octanol–water partition coefficient (Wildman–Crippen LogP) is 2.80. The third-order valence-corrected chi connectivity index (χ3v) is 3.20. The molecule has 0 atom stereocenters. The third-order valence-electron chi connectivity index (χ3n) is 3.20. The summed E-state index contributed by atoms with van der Waals surface area (Å²) in [5.74, 6) is -0.123. The van der Waals surface area contributed by atoms with Gasteiger partial charge in [0.05, 0.1) is 0 Å². The zero-order valence-electron chi connectivity index (χ0n) is 13.2. The van der Waals surface area contributed by atoms with Crippen LogP contribution in [0.5, 0.6) is 0 Å². The van der Waals surface area contributed by atoms with Crippen molar-refractivity contribution >= 4 is 23.2 Å². The van der Waals surface area contributed by atoms with E-state index in [1.54, 1.807) is 13.0 Å². The highest BCUT2D eigenvalue weighted by Crippen LogP contribution is 2.24. The van der Waals surface area contributed by atoms with Crippen LogP contribution < -0.4 is 16.4 Å². The van der Waals surface area contributed by atoms with Crippen molar-refractivity contribution in [1.29, 1.82) is 0 Å². The molecule has 0 aromatic heterocycles. The van der Waals surface area contributed by atoms with Crippen LogP contribution in [0.3, 0.4) is 0 Å². The molecule has 1 aromatic carbocycles. The van der Waals surface area contributed by atoms with Gasteiger partial charge in [0.25, 0.3) is 0 Å². The van der Waals surface area contributed by atoms with Gasteiger partial charge in [0.1, 0.15) is 0 Å². The molecule has 0 radical (unpaired) electrons. The number of carbonyl (C=O) groups excluding carboxylic acids is 2. The van der Waals surface area contributed by atoms with Gasteiger partial charge in [0.2, 0.25) is 11.8 Å². The van der Waals surface area contributed by atoms with E-state index in [1.165, 1.54) is 0 Å². The number of amides is 2. The fourth-order valence-electron chi connectivity index (χ4n) is 1.79. The number of hydrogen-bond donors (Lipinski definition) is 3. The van der Waals surface area contributed by atoms with E-state index in [1.807, 2.05) is 32.9 Å². The molecule has 21 heavy (non-hydrogen) atoms. The predicted molar refractivity (Wildman–Crippen MR) is 86.2 cm³/mol. The molecule has 5 nitrogen and oxygen atoms in total. The molecule has 116 valence electrons. The highest BCUT2D eigenvalue weighted by Gasteiger charge is 2.14. The minimum Gasteiger partial charge on any atom is -0.326 e. The van der Waals surface area contributed by atoms with Gasteiger partial charge in [-0.1, -0.05) is 13.0 Å². The summed E-state index contributed by atoms with van der Waals surface area (Å²) in [6.07, 6.45) is 1.40. The Labute approximate surface area is 126 Å². The zero-order chi connectivity index (χ0) is 16.0. The fourth-order valence-corrected chi connectivity index (χ4v) is 1.79. The molecule has 0 aliphatic heterocycles. The topological polar surface area (TPSA) is 84.2 Å². The van der Waals surface area contributed by atoms with Gasteiger partial charge in [0.15, 0.2) is 0 Å². The second-order valence-electron chi connectivity index (χ2n) is 5.92. The van der Waals surface area contributed by atoms with Gasteiger partial charge in [-0.05, 0) is 44.9 Å². The number of nitrogens with one attached hydrogen (secondary N) is 2. The summed E-state index contributed by atoms with van der Waals surface area (Å²) in [5.41, 5.74) is 7.80. The van der Waals surface area contributed by atoms with Crippen molar-refractivity contribution in [3.05, 3.63) is 23.8 Å². The Hall–Kier alpha value is -1.88. The highest BCUT2D eigenvalue weighted by molar-refractivity contribution is 5.95. The molecule has 0 aliphatic carbocycles. The Morgan fingerprint density at radius 1 is 1.14 bits per heavy atom. The maximum atomic E-state index is 11.9. The monoisotopic (exact) mass is 291 g/mol. The summed E-state index contributed by atoms with van der Waals surface area (Å²) >= 11 is 0. The van der Waals surface area contributed by atoms with E-state index in [0.717, 1.165) is 11.3 Å². The van der Waals surface area contributed by atoms with Crippen LogP contribution >= 0.6 is 0 Å². The third kappa shape index (κ3) is 5.95. The maximum absolute atomic E-state index is 11.9.